The summed E-state index contributed by atoms with van der Waals surface area (Å²) in [5, 5.41) is 0. The molecule has 1 aromatic heterocycles. The molecule has 0 saturated heterocycles. The van der Waals surface area contributed by atoms with Crippen molar-refractivity contribution in [1.29, 1.82) is 0 Å². The lowest BCUT2D eigenvalue weighted by molar-refractivity contribution is -0.134. The minimum absolute atomic E-state index is 0.226. The molecule has 0 aliphatic carbocycles. The molecule has 3 rings (SSSR count). The number of carbonyl (C=O) groups excluding carboxylic acids is 3. The van der Waals surface area contributed by atoms with Crippen molar-refractivity contribution in [3.63, 3.8) is 0 Å². The van der Waals surface area contributed by atoms with E-state index in [1.165, 1.54) is 0 Å². The average Bonchev–Trinajstić information content (AvgIpc) is 2.93. The molecule has 0 saturated carbocycles. The second-order valence-electron chi connectivity index (χ2n) is 6.23. The number of fused-ring (bicyclic) bond motifs is 1. The van der Waals surface area contributed by atoms with Gasteiger partial charge in [-0.2, -0.15) is 0 Å². The Bertz CT molecular complexity index is 800. The van der Waals surface area contributed by atoms with Gasteiger partial charge < -0.3 is 4.90 Å². The Labute approximate surface area is 152 Å². The molecule has 6 heteroatoms. The second-order valence-corrected chi connectivity index (χ2v) is 6.23. The third-order valence-electron chi connectivity index (χ3n) is 4.68. The van der Waals surface area contributed by atoms with E-state index in [-0.39, 0.29) is 5.91 Å². The minimum Gasteiger partial charge on any atom is -0.341 e. The summed E-state index contributed by atoms with van der Waals surface area (Å²) < 4.78 is 0. The number of carbonyl (C=O) groups is 3. The van der Waals surface area contributed by atoms with E-state index in [9.17, 15) is 14.4 Å². The number of benzene rings is 1. The van der Waals surface area contributed by atoms with Crippen molar-refractivity contribution in [2.75, 3.05) is 13.1 Å². The van der Waals surface area contributed by atoms with Gasteiger partial charge in [0.25, 0.3) is 11.8 Å². The summed E-state index contributed by atoms with van der Waals surface area (Å²) in [6, 6.07) is 9.65. The molecule has 0 N–H and O–H groups in total. The number of imide groups is 1. The van der Waals surface area contributed by atoms with E-state index in [0.29, 0.717) is 30.6 Å². The van der Waals surface area contributed by atoms with Crippen LogP contribution >= 0.6 is 0 Å². The van der Waals surface area contributed by atoms with Crippen LogP contribution in [-0.4, -0.2) is 51.6 Å². The van der Waals surface area contributed by atoms with Gasteiger partial charge in [0.1, 0.15) is 6.04 Å². The van der Waals surface area contributed by atoms with Gasteiger partial charge in [-0.05, 0) is 50.1 Å². The van der Waals surface area contributed by atoms with Gasteiger partial charge in [-0.25, -0.2) is 0 Å². The molecule has 3 amide bonds. The third kappa shape index (κ3) is 3.22. The van der Waals surface area contributed by atoms with Crippen LogP contribution in [0.2, 0.25) is 0 Å². The van der Waals surface area contributed by atoms with Gasteiger partial charge in [-0.1, -0.05) is 12.1 Å². The molecule has 1 aliphatic heterocycles. The molecule has 1 aromatic carbocycles. The van der Waals surface area contributed by atoms with Gasteiger partial charge in [0.2, 0.25) is 5.91 Å². The van der Waals surface area contributed by atoms with Crippen molar-refractivity contribution in [2.45, 2.75) is 26.3 Å². The van der Waals surface area contributed by atoms with Crippen LogP contribution in [0.1, 0.15) is 40.1 Å². The van der Waals surface area contributed by atoms with Gasteiger partial charge in [-0.3, -0.25) is 24.3 Å². The van der Waals surface area contributed by atoms with E-state index >= 15 is 0 Å². The zero-order valence-corrected chi connectivity index (χ0v) is 14.9. The van der Waals surface area contributed by atoms with E-state index in [2.05, 4.69) is 4.98 Å². The smallest absolute Gasteiger partial charge is 0.262 e. The molecule has 1 unspecified atom stereocenters. The molecule has 1 atom stereocenters. The summed E-state index contributed by atoms with van der Waals surface area (Å²) >= 11 is 0. The second kappa shape index (κ2) is 7.47. The van der Waals surface area contributed by atoms with Crippen LogP contribution in [0.5, 0.6) is 0 Å². The summed E-state index contributed by atoms with van der Waals surface area (Å²) in [4.78, 5) is 44.8. The highest BCUT2D eigenvalue weighted by Crippen LogP contribution is 2.25. The summed E-state index contributed by atoms with van der Waals surface area (Å²) in [5.74, 6) is -1.04. The van der Waals surface area contributed by atoms with Gasteiger partial charge in [0.15, 0.2) is 0 Å². The van der Waals surface area contributed by atoms with Crippen LogP contribution < -0.4 is 0 Å². The van der Waals surface area contributed by atoms with Crippen LogP contribution in [0.15, 0.2) is 48.8 Å². The first-order valence-corrected chi connectivity index (χ1v) is 8.69. The Kier molecular flexibility index (Phi) is 5.11. The number of hydrogen-bond acceptors (Lipinski definition) is 4. The van der Waals surface area contributed by atoms with Crippen LogP contribution in [0.25, 0.3) is 0 Å². The number of pyridine rings is 1. The average molecular weight is 351 g/mol. The molecule has 26 heavy (non-hydrogen) atoms. The predicted octanol–water partition coefficient (Wildman–Crippen LogP) is 2.16. The van der Waals surface area contributed by atoms with Crippen LogP contribution in [-0.2, 0) is 11.2 Å². The summed E-state index contributed by atoms with van der Waals surface area (Å²) in [6.07, 6.45) is 4.13. The van der Waals surface area contributed by atoms with Crippen molar-refractivity contribution in [1.82, 2.24) is 14.8 Å². The van der Waals surface area contributed by atoms with Gasteiger partial charge >= 0.3 is 0 Å². The Morgan fingerprint density at radius 3 is 2.19 bits per heavy atom. The standard InChI is InChI=1S/C20H21N3O3/c1-3-22(13-10-15-8-11-21-12-9-15)18(24)14(2)23-19(25)16-6-4-5-7-17(16)20(23)26/h4-9,11-12,14H,3,10,13H2,1-2H3. The number of hydrogen-bond donors (Lipinski definition) is 0. The predicted molar refractivity (Wildman–Crippen MR) is 96.6 cm³/mol. The first kappa shape index (κ1) is 17.8. The number of aromatic nitrogens is 1. The molecule has 1 aliphatic rings. The van der Waals surface area contributed by atoms with Gasteiger partial charge in [0.05, 0.1) is 11.1 Å². The molecule has 0 bridgehead atoms. The maximum Gasteiger partial charge on any atom is 0.262 e. The molecule has 2 heterocycles. The first-order valence-electron chi connectivity index (χ1n) is 8.69. The Morgan fingerprint density at radius 2 is 1.65 bits per heavy atom. The number of rotatable bonds is 6. The van der Waals surface area contributed by atoms with E-state index in [0.717, 1.165) is 10.5 Å². The third-order valence-corrected chi connectivity index (χ3v) is 4.68. The van der Waals surface area contributed by atoms with Crippen LogP contribution in [0.3, 0.4) is 0 Å². The topological polar surface area (TPSA) is 70.6 Å². The molecule has 0 radical (unpaired) electrons. The Hall–Kier alpha value is -3.02. The van der Waals surface area contributed by atoms with Crippen LogP contribution in [0, 0.1) is 0 Å². The fourth-order valence-corrected chi connectivity index (χ4v) is 3.17. The quantitative estimate of drug-likeness (QED) is 0.748. The SMILES string of the molecule is CCN(CCc1ccncc1)C(=O)C(C)N1C(=O)c2ccccc2C1=O. The molecule has 134 valence electrons. The lowest BCUT2D eigenvalue weighted by atomic mass is 10.1. The maximum absolute atomic E-state index is 12.9. The monoisotopic (exact) mass is 351 g/mol. The van der Waals surface area contributed by atoms with Gasteiger partial charge in [0, 0.05) is 25.5 Å². The first-order chi connectivity index (χ1) is 12.5. The van der Waals surface area contributed by atoms with Crippen molar-refractivity contribution < 1.29 is 14.4 Å². The van der Waals surface area contributed by atoms with Crippen molar-refractivity contribution in [2.24, 2.45) is 0 Å². The van der Waals surface area contributed by atoms with E-state index in [1.54, 1.807) is 48.5 Å². The lowest BCUT2D eigenvalue weighted by Gasteiger charge is -2.28. The number of nitrogens with zero attached hydrogens (tertiary/aromatic N) is 3. The Morgan fingerprint density at radius 1 is 1.08 bits per heavy atom. The van der Waals surface area contributed by atoms with E-state index < -0.39 is 17.9 Å². The fraction of sp³-hybridized carbons (Fsp3) is 0.300. The molecular weight excluding hydrogens is 330 g/mol. The molecular formula is C20H21N3O3. The molecule has 0 spiro atoms. The normalized spacial score (nSPS) is 14.3. The fourth-order valence-electron chi connectivity index (χ4n) is 3.17. The van der Waals surface area contributed by atoms with Crippen molar-refractivity contribution in [3.8, 4) is 0 Å². The van der Waals surface area contributed by atoms with Crippen molar-refractivity contribution >= 4 is 17.7 Å². The molecule has 6 nitrogen and oxygen atoms in total. The highest BCUT2D eigenvalue weighted by atomic mass is 16.2. The highest BCUT2D eigenvalue weighted by Gasteiger charge is 2.41. The highest BCUT2D eigenvalue weighted by molar-refractivity contribution is 6.22. The van der Waals surface area contributed by atoms with Gasteiger partial charge in [-0.15, -0.1) is 0 Å². The molecule has 0 fully saturated rings. The minimum atomic E-state index is -0.834. The summed E-state index contributed by atoms with van der Waals surface area (Å²) in [7, 11) is 0. The molecule has 2 aromatic rings. The number of amides is 3. The zero-order chi connectivity index (χ0) is 18.7. The summed E-state index contributed by atoms with van der Waals surface area (Å²) in [5.41, 5.74) is 1.80. The van der Waals surface area contributed by atoms with E-state index in [1.807, 2.05) is 19.1 Å². The lowest BCUT2D eigenvalue weighted by Crippen LogP contribution is -2.49. The summed E-state index contributed by atoms with van der Waals surface area (Å²) in [6.45, 7) is 4.53. The van der Waals surface area contributed by atoms with Crippen LogP contribution in [0.4, 0.5) is 0 Å². The largest absolute Gasteiger partial charge is 0.341 e. The zero-order valence-electron chi connectivity index (χ0n) is 14.9. The maximum atomic E-state index is 12.9. The van der Waals surface area contributed by atoms with E-state index in [4.69, 9.17) is 0 Å². The van der Waals surface area contributed by atoms with Crippen molar-refractivity contribution in [3.05, 3.63) is 65.5 Å². The number of likely N-dealkylation sites (N-methyl/N-ethyl adjacent to an activating group) is 1. The Balaban J connectivity index is 1.72.